The number of hydrogen-bond acceptors (Lipinski definition) is 4. The van der Waals surface area contributed by atoms with E-state index in [0.717, 1.165) is 38.1 Å². The molecule has 0 radical (unpaired) electrons. The SMILES string of the molecule is O=C(Nc1cc(C(F)(F)F)ccc1N1CCCC1)N1CCOC2(CCOC2)C1. The molecule has 0 aliphatic carbocycles. The zero-order chi connectivity index (χ0) is 19.8. The first-order valence-corrected chi connectivity index (χ1v) is 9.60. The molecule has 3 fully saturated rings. The number of nitrogens with zero attached hydrogens (tertiary/aromatic N) is 2. The molecular formula is C19H24F3N3O3. The summed E-state index contributed by atoms with van der Waals surface area (Å²) in [4.78, 5) is 16.5. The van der Waals surface area contributed by atoms with Crippen molar-refractivity contribution >= 4 is 17.4 Å². The normalized spacial score (nSPS) is 25.5. The van der Waals surface area contributed by atoms with Gasteiger partial charge in [0.05, 0.1) is 36.7 Å². The van der Waals surface area contributed by atoms with Gasteiger partial charge in [-0.25, -0.2) is 4.79 Å². The highest BCUT2D eigenvalue weighted by Gasteiger charge is 2.42. The Morgan fingerprint density at radius 2 is 1.93 bits per heavy atom. The topological polar surface area (TPSA) is 54.0 Å². The lowest BCUT2D eigenvalue weighted by Crippen LogP contribution is -2.55. The molecule has 1 atom stereocenters. The number of anilines is 2. The van der Waals surface area contributed by atoms with Gasteiger partial charge < -0.3 is 24.6 Å². The van der Waals surface area contributed by atoms with Gasteiger partial charge >= 0.3 is 12.2 Å². The Kier molecular flexibility index (Phi) is 5.13. The van der Waals surface area contributed by atoms with Crippen LogP contribution in [-0.4, -0.2) is 62.5 Å². The Morgan fingerprint density at radius 3 is 2.61 bits per heavy atom. The van der Waals surface area contributed by atoms with E-state index in [1.165, 1.54) is 6.07 Å². The molecule has 1 unspecified atom stereocenters. The van der Waals surface area contributed by atoms with Crippen LogP contribution in [0.2, 0.25) is 0 Å². The van der Waals surface area contributed by atoms with E-state index in [2.05, 4.69) is 5.32 Å². The summed E-state index contributed by atoms with van der Waals surface area (Å²) in [6.07, 6.45) is -1.78. The third kappa shape index (κ3) is 3.91. The quantitative estimate of drug-likeness (QED) is 0.829. The summed E-state index contributed by atoms with van der Waals surface area (Å²) in [5, 5.41) is 2.72. The largest absolute Gasteiger partial charge is 0.416 e. The fourth-order valence-electron chi connectivity index (χ4n) is 4.09. The summed E-state index contributed by atoms with van der Waals surface area (Å²) < 4.78 is 50.8. The summed E-state index contributed by atoms with van der Waals surface area (Å²) in [6, 6.07) is 3.15. The van der Waals surface area contributed by atoms with Crippen molar-refractivity contribution in [2.75, 3.05) is 56.2 Å². The van der Waals surface area contributed by atoms with E-state index in [1.54, 1.807) is 4.90 Å². The second-order valence-electron chi connectivity index (χ2n) is 7.61. The monoisotopic (exact) mass is 399 g/mol. The van der Waals surface area contributed by atoms with Crippen molar-refractivity contribution < 1.29 is 27.4 Å². The summed E-state index contributed by atoms with van der Waals surface area (Å²) in [7, 11) is 0. The van der Waals surface area contributed by atoms with Gasteiger partial charge in [-0.15, -0.1) is 0 Å². The van der Waals surface area contributed by atoms with Crippen LogP contribution in [-0.2, 0) is 15.7 Å². The molecule has 6 nitrogen and oxygen atoms in total. The molecule has 3 aliphatic heterocycles. The highest BCUT2D eigenvalue weighted by molar-refractivity contribution is 5.93. The molecule has 28 heavy (non-hydrogen) atoms. The first-order valence-electron chi connectivity index (χ1n) is 9.60. The summed E-state index contributed by atoms with van der Waals surface area (Å²) in [6.45, 7) is 3.71. The Balaban J connectivity index is 1.55. The summed E-state index contributed by atoms with van der Waals surface area (Å²) >= 11 is 0. The molecule has 3 heterocycles. The first kappa shape index (κ1) is 19.3. The van der Waals surface area contributed by atoms with E-state index in [9.17, 15) is 18.0 Å². The summed E-state index contributed by atoms with van der Waals surface area (Å²) in [5.41, 5.74) is -0.439. The number of morpholine rings is 1. The fraction of sp³-hybridized carbons (Fsp3) is 0.632. The molecule has 1 aromatic carbocycles. The van der Waals surface area contributed by atoms with Gasteiger partial charge in [-0.2, -0.15) is 13.2 Å². The van der Waals surface area contributed by atoms with Crippen LogP contribution < -0.4 is 10.2 Å². The minimum absolute atomic E-state index is 0.199. The molecule has 1 spiro atoms. The second kappa shape index (κ2) is 7.44. The van der Waals surface area contributed by atoms with Gasteiger partial charge in [0.15, 0.2) is 0 Å². The lowest BCUT2D eigenvalue weighted by atomic mass is 10.0. The number of nitrogens with one attached hydrogen (secondary N) is 1. The van der Waals surface area contributed by atoms with E-state index in [0.29, 0.717) is 45.0 Å². The van der Waals surface area contributed by atoms with Crippen LogP contribution in [0.15, 0.2) is 18.2 Å². The maximum absolute atomic E-state index is 13.2. The molecule has 154 valence electrons. The molecule has 4 rings (SSSR count). The molecule has 2 amide bonds. The molecule has 0 aromatic heterocycles. The Bertz CT molecular complexity index is 729. The highest BCUT2D eigenvalue weighted by Crippen LogP contribution is 2.37. The van der Waals surface area contributed by atoms with Crippen LogP contribution in [0.5, 0.6) is 0 Å². The third-order valence-corrected chi connectivity index (χ3v) is 5.62. The number of amides is 2. The molecular weight excluding hydrogens is 375 g/mol. The molecule has 0 bridgehead atoms. The van der Waals surface area contributed by atoms with Crippen molar-refractivity contribution in [1.82, 2.24) is 4.90 Å². The van der Waals surface area contributed by atoms with Gasteiger partial charge in [0.1, 0.15) is 5.60 Å². The Labute approximate surface area is 161 Å². The van der Waals surface area contributed by atoms with Crippen LogP contribution in [0.1, 0.15) is 24.8 Å². The van der Waals surface area contributed by atoms with Crippen LogP contribution in [0.4, 0.5) is 29.3 Å². The van der Waals surface area contributed by atoms with Crippen molar-refractivity contribution in [3.8, 4) is 0 Å². The number of urea groups is 1. The zero-order valence-electron chi connectivity index (χ0n) is 15.6. The van der Waals surface area contributed by atoms with Crippen molar-refractivity contribution in [2.45, 2.75) is 31.0 Å². The predicted molar refractivity (Wildman–Crippen MR) is 97.6 cm³/mol. The van der Waals surface area contributed by atoms with Gasteiger partial charge in [0, 0.05) is 32.7 Å². The standard InChI is InChI=1S/C19H24F3N3O3/c20-19(21,22)14-3-4-16(24-6-1-2-7-24)15(11-14)23-17(26)25-8-10-28-18(12-25)5-9-27-13-18/h3-4,11H,1-2,5-10,12-13H2,(H,23,26). The molecule has 1 N–H and O–H groups in total. The molecule has 3 aliphatic rings. The molecule has 9 heteroatoms. The van der Waals surface area contributed by atoms with Crippen LogP contribution in [0.25, 0.3) is 0 Å². The highest BCUT2D eigenvalue weighted by atomic mass is 19.4. The van der Waals surface area contributed by atoms with E-state index in [-0.39, 0.29) is 5.69 Å². The maximum atomic E-state index is 13.2. The van der Waals surface area contributed by atoms with Crippen molar-refractivity contribution in [3.63, 3.8) is 0 Å². The van der Waals surface area contributed by atoms with Crippen LogP contribution in [0.3, 0.4) is 0 Å². The van der Waals surface area contributed by atoms with Gasteiger partial charge in [0.2, 0.25) is 0 Å². The minimum atomic E-state index is -4.47. The van der Waals surface area contributed by atoms with Crippen molar-refractivity contribution in [2.24, 2.45) is 0 Å². The van der Waals surface area contributed by atoms with Crippen molar-refractivity contribution in [1.29, 1.82) is 0 Å². The van der Waals surface area contributed by atoms with E-state index in [1.807, 2.05) is 4.90 Å². The Hall–Kier alpha value is -2.00. The first-order chi connectivity index (χ1) is 13.4. The predicted octanol–water partition coefficient (Wildman–Crippen LogP) is 3.33. The second-order valence-corrected chi connectivity index (χ2v) is 7.61. The zero-order valence-corrected chi connectivity index (χ0v) is 15.6. The van der Waals surface area contributed by atoms with Crippen LogP contribution >= 0.6 is 0 Å². The number of carbonyl (C=O) groups is 1. The fourth-order valence-corrected chi connectivity index (χ4v) is 4.09. The average Bonchev–Trinajstić information content (AvgIpc) is 3.33. The van der Waals surface area contributed by atoms with Gasteiger partial charge in [-0.3, -0.25) is 0 Å². The number of alkyl halides is 3. The number of carbonyl (C=O) groups excluding carboxylic acids is 1. The summed E-state index contributed by atoms with van der Waals surface area (Å²) in [5.74, 6) is 0. The molecule has 0 saturated carbocycles. The van der Waals surface area contributed by atoms with E-state index in [4.69, 9.17) is 9.47 Å². The molecule has 1 aromatic rings. The number of benzene rings is 1. The van der Waals surface area contributed by atoms with Gasteiger partial charge in [0.25, 0.3) is 0 Å². The average molecular weight is 399 g/mol. The minimum Gasteiger partial charge on any atom is -0.378 e. The Morgan fingerprint density at radius 1 is 1.14 bits per heavy atom. The van der Waals surface area contributed by atoms with E-state index < -0.39 is 23.4 Å². The van der Waals surface area contributed by atoms with Gasteiger partial charge in [-0.05, 0) is 31.0 Å². The lowest BCUT2D eigenvalue weighted by molar-refractivity contribution is -0.137. The number of hydrogen-bond donors (Lipinski definition) is 1. The maximum Gasteiger partial charge on any atom is 0.416 e. The van der Waals surface area contributed by atoms with Crippen molar-refractivity contribution in [3.05, 3.63) is 23.8 Å². The number of rotatable bonds is 2. The number of ether oxygens (including phenoxy) is 2. The smallest absolute Gasteiger partial charge is 0.378 e. The van der Waals surface area contributed by atoms with Gasteiger partial charge in [-0.1, -0.05) is 0 Å². The molecule has 3 saturated heterocycles. The lowest BCUT2D eigenvalue weighted by Gasteiger charge is -2.39. The van der Waals surface area contributed by atoms with Crippen LogP contribution in [0, 0.1) is 0 Å². The third-order valence-electron chi connectivity index (χ3n) is 5.62. The van der Waals surface area contributed by atoms with E-state index >= 15 is 0 Å². The number of halogens is 3.